The fraction of sp³-hybridized carbons (Fsp3) is 0.545. The third-order valence-corrected chi connectivity index (χ3v) is 2.85. The number of carbonyl (C=O) groups is 5. The molecule has 1 rings (SSSR count). The van der Waals surface area contributed by atoms with E-state index in [1.807, 2.05) is 0 Å². The molecule has 1 atom stereocenters. The highest BCUT2D eigenvalue weighted by atomic mass is 16.4. The van der Waals surface area contributed by atoms with Crippen LogP contribution < -0.4 is 11.1 Å². The van der Waals surface area contributed by atoms with Gasteiger partial charge in [-0.3, -0.25) is 19.3 Å². The van der Waals surface area contributed by atoms with E-state index in [1.54, 1.807) is 0 Å². The molecule has 10 heteroatoms. The molecule has 0 aromatic carbocycles. The van der Waals surface area contributed by atoms with E-state index in [-0.39, 0.29) is 19.4 Å². The second-order valence-corrected chi connectivity index (χ2v) is 4.58. The molecule has 0 aliphatic carbocycles. The van der Waals surface area contributed by atoms with Crippen molar-refractivity contribution in [3.05, 3.63) is 0 Å². The van der Waals surface area contributed by atoms with E-state index >= 15 is 0 Å². The molecule has 1 aliphatic heterocycles. The zero-order valence-electron chi connectivity index (χ0n) is 11.4. The van der Waals surface area contributed by atoms with Gasteiger partial charge in [-0.2, -0.15) is 0 Å². The highest BCUT2D eigenvalue weighted by Crippen LogP contribution is 2.07. The Morgan fingerprint density at radius 2 is 2.00 bits per heavy atom. The van der Waals surface area contributed by atoms with E-state index in [9.17, 15) is 24.0 Å². The third kappa shape index (κ3) is 4.44. The number of rotatable bonds is 7. The van der Waals surface area contributed by atoms with E-state index in [4.69, 9.17) is 10.8 Å². The summed E-state index contributed by atoms with van der Waals surface area (Å²) in [5, 5.41) is 11.1. The summed E-state index contributed by atoms with van der Waals surface area (Å²) < 4.78 is 0. The molecule has 21 heavy (non-hydrogen) atoms. The standard InChI is InChI=1S/C11H16N4O6/c1-14-5-9(18)15(11(14)21)4-8(17)13-6(10(19)20)2-3-7(12)16/h6H,2-5H2,1H3,(H2,12,16)(H,13,17)(H,19,20)/t6-/m0/s1. The van der Waals surface area contributed by atoms with Crippen LogP contribution in [0.1, 0.15) is 12.8 Å². The molecular formula is C11H16N4O6. The van der Waals surface area contributed by atoms with E-state index in [0.29, 0.717) is 0 Å². The van der Waals surface area contributed by atoms with Crippen LogP contribution in [0.5, 0.6) is 0 Å². The lowest BCUT2D eigenvalue weighted by Gasteiger charge is -2.17. The van der Waals surface area contributed by atoms with Crippen LogP contribution in [0.2, 0.25) is 0 Å². The molecule has 0 radical (unpaired) electrons. The molecule has 4 N–H and O–H groups in total. The molecule has 116 valence electrons. The van der Waals surface area contributed by atoms with Crippen LogP contribution in [0.3, 0.4) is 0 Å². The van der Waals surface area contributed by atoms with Gasteiger partial charge in [-0.25, -0.2) is 9.59 Å². The summed E-state index contributed by atoms with van der Waals surface area (Å²) in [6.07, 6.45) is -0.375. The van der Waals surface area contributed by atoms with Gasteiger partial charge in [0, 0.05) is 13.5 Å². The van der Waals surface area contributed by atoms with Crippen LogP contribution in [0.15, 0.2) is 0 Å². The molecule has 10 nitrogen and oxygen atoms in total. The van der Waals surface area contributed by atoms with Crippen LogP contribution in [-0.2, 0) is 19.2 Å². The van der Waals surface area contributed by atoms with Crippen LogP contribution in [0.25, 0.3) is 0 Å². The summed E-state index contributed by atoms with van der Waals surface area (Å²) in [6, 6.07) is -1.94. The minimum absolute atomic E-state index is 0.129. The zero-order valence-corrected chi connectivity index (χ0v) is 11.4. The highest BCUT2D eigenvalue weighted by molar-refractivity contribution is 6.04. The van der Waals surface area contributed by atoms with Gasteiger partial charge < -0.3 is 21.1 Å². The quantitative estimate of drug-likeness (QED) is 0.450. The first kappa shape index (κ1) is 16.4. The molecular weight excluding hydrogens is 284 g/mol. The Labute approximate surface area is 119 Å². The molecule has 1 aliphatic rings. The van der Waals surface area contributed by atoms with Crippen LogP contribution in [-0.4, -0.2) is 70.8 Å². The summed E-state index contributed by atoms with van der Waals surface area (Å²) in [6.45, 7) is -0.696. The molecule has 0 aromatic heterocycles. The number of imide groups is 1. The summed E-state index contributed by atoms with van der Waals surface area (Å²) in [7, 11) is 1.41. The second kappa shape index (κ2) is 6.68. The summed E-state index contributed by atoms with van der Waals surface area (Å²) in [4.78, 5) is 58.2. The molecule has 5 amide bonds. The minimum atomic E-state index is -1.33. The largest absolute Gasteiger partial charge is 0.480 e. The van der Waals surface area contributed by atoms with Gasteiger partial charge >= 0.3 is 12.0 Å². The number of aliphatic carboxylic acids is 1. The molecule has 0 unspecified atom stereocenters. The lowest BCUT2D eigenvalue weighted by molar-refractivity contribution is -0.142. The Morgan fingerprint density at radius 3 is 2.43 bits per heavy atom. The molecule has 1 saturated heterocycles. The number of primary amides is 1. The minimum Gasteiger partial charge on any atom is -0.480 e. The lowest BCUT2D eigenvalue weighted by Crippen LogP contribution is -2.47. The summed E-state index contributed by atoms with van der Waals surface area (Å²) >= 11 is 0. The second-order valence-electron chi connectivity index (χ2n) is 4.58. The molecule has 0 saturated carbocycles. The van der Waals surface area contributed by atoms with Gasteiger partial charge in [0.15, 0.2) is 0 Å². The number of urea groups is 1. The number of nitrogens with two attached hydrogens (primary N) is 1. The van der Waals surface area contributed by atoms with E-state index < -0.39 is 42.3 Å². The summed E-state index contributed by atoms with van der Waals surface area (Å²) in [5.74, 6) is -3.37. The van der Waals surface area contributed by atoms with Crippen molar-refractivity contribution in [2.45, 2.75) is 18.9 Å². The maximum absolute atomic E-state index is 11.7. The predicted molar refractivity (Wildman–Crippen MR) is 67.7 cm³/mol. The first-order valence-electron chi connectivity index (χ1n) is 6.08. The van der Waals surface area contributed by atoms with E-state index in [2.05, 4.69) is 5.32 Å². The van der Waals surface area contributed by atoms with Crippen molar-refractivity contribution in [1.29, 1.82) is 0 Å². The van der Waals surface area contributed by atoms with Crippen molar-refractivity contribution in [1.82, 2.24) is 15.1 Å². The van der Waals surface area contributed by atoms with Gasteiger partial charge in [0.2, 0.25) is 11.8 Å². The smallest absolute Gasteiger partial charge is 0.327 e. The first-order valence-corrected chi connectivity index (χ1v) is 6.08. The van der Waals surface area contributed by atoms with Crippen molar-refractivity contribution >= 4 is 29.7 Å². The topological polar surface area (TPSA) is 150 Å². The molecule has 1 fully saturated rings. The van der Waals surface area contributed by atoms with E-state index in [1.165, 1.54) is 7.05 Å². The normalized spacial score (nSPS) is 16.0. The Kier molecular flexibility index (Phi) is 5.22. The van der Waals surface area contributed by atoms with Gasteiger partial charge in [0.1, 0.15) is 19.1 Å². The molecule has 1 heterocycles. The number of carbonyl (C=O) groups excluding carboxylic acids is 4. The molecule has 0 spiro atoms. The number of nitrogens with zero attached hydrogens (tertiary/aromatic N) is 2. The zero-order chi connectivity index (χ0) is 16.2. The average molecular weight is 300 g/mol. The van der Waals surface area contributed by atoms with Gasteiger partial charge in [0.05, 0.1) is 0 Å². The van der Waals surface area contributed by atoms with Gasteiger partial charge in [0.25, 0.3) is 5.91 Å². The van der Waals surface area contributed by atoms with Crippen LogP contribution in [0.4, 0.5) is 4.79 Å². The van der Waals surface area contributed by atoms with Crippen molar-refractivity contribution in [3.63, 3.8) is 0 Å². The number of carboxylic acid groups (broad SMARTS) is 1. The molecule has 0 aromatic rings. The van der Waals surface area contributed by atoms with Crippen LogP contribution in [0, 0.1) is 0 Å². The number of nitrogens with one attached hydrogen (secondary N) is 1. The van der Waals surface area contributed by atoms with Gasteiger partial charge in [-0.15, -0.1) is 0 Å². The number of carboxylic acids is 1. The third-order valence-electron chi connectivity index (χ3n) is 2.85. The number of hydrogen-bond acceptors (Lipinski definition) is 5. The monoisotopic (exact) mass is 300 g/mol. The number of hydrogen-bond donors (Lipinski definition) is 3. The van der Waals surface area contributed by atoms with Crippen molar-refractivity contribution in [3.8, 4) is 0 Å². The Balaban J connectivity index is 2.58. The number of amides is 5. The SMILES string of the molecule is CN1CC(=O)N(CC(=O)N[C@@H](CCC(N)=O)C(=O)O)C1=O. The highest BCUT2D eigenvalue weighted by Gasteiger charge is 2.35. The van der Waals surface area contributed by atoms with Crippen molar-refractivity contribution in [2.24, 2.45) is 5.73 Å². The fourth-order valence-electron chi connectivity index (χ4n) is 1.75. The molecule has 0 bridgehead atoms. The van der Waals surface area contributed by atoms with Crippen molar-refractivity contribution in [2.75, 3.05) is 20.1 Å². The first-order chi connectivity index (χ1) is 9.72. The fourth-order valence-corrected chi connectivity index (χ4v) is 1.75. The van der Waals surface area contributed by atoms with Gasteiger partial charge in [-0.1, -0.05) is 0 Å². The van der Waals surface area contributed by atoms with E-state index in [0.717, 1.165) is 9.80 Å². The lowest BCUT2D eigenvalue weighted by atomic mass is 10.1. The van der Waals surface area contributed by atoms with Crippen LogP contribution >= 0.6 is 0 Å². The predicted octanol–water partition coefficient (Wildman–Crippen LogP) is -2.28. The average Bonchev–Trinajstić information content (AvgIpc) is 2.60. The Morgan fingerprint density at radius 1 is 1.38 bits per heavy atom. The number of likely N-dealkylation sites (N-methyl/N-ethyl adjacent to an activating group) is 1. The maximum Gasteiger partial charge on any atom is 0.327 e. The Hall–Kier alpha value is -2.65. The summed E-state index contributed by atoms with van der Waals surface area (Å²) in [5.41, 5.74) is 4.91. The van der Waals surface area contributed by atoms with Gasteiger partial charge in [-0.05, 0) is 6.42 Å². The maximum atomic E-state index is 11.7. The van der Waals surface area contributed by atoms with Crippen molar-refractivity contribution < 1.29 is 29.1 Å². The Bertz CT molecular complexity index is 491.